The van der Waals surface area contributed by atoms with Crippen molar-refractivity contribution in [3.8, 4) is 11.5 Å². The fraction of sp³-hybridized carbons (Fsp3) is 0.111. The number of aromatic nitrogens is 2. The molecule has 7 nitrogen and oxygen atoms in total. The monoisotopic (exact) mass is 446 g/mol. The van der Waals surface area contributed by atoms with E-state index in [9.17, 15) is 9.59 Å². The van der Waals surface area contributed by atoms with Crippen LogP contribution in [0.5, 0.6) is 0 Å². The Bertz CT molecular complexity index is 959. The number of carbonyl (C=O) groups excluding carboxylic acids is 2. The lowest BCUT2D eigenvalue weighted by molar-refractivity contribution is -0.114. The van der Waals surface area contributed by atoms with Crippen molar-refractivity contribution in [2.24, 2.45) is 0 Å². The molecule has 3 rings (SSSR count). The van der Waals surface area contributed by atoms with E-state index in [0.717, 1.165) is 21.8 Å². The van der Waals surface area contributed by atoms with Gasteiger partial charge in [-0.1, -0.05) is 33.8 Å². The number of benzene rings is 2. The average molecular weight is 447 g/mol. The molecular weight excluding hydrogens is 432 g/mol. The van der Waals surface area contributed by atoms with E-state index in [4.69, 9.17) is 4.42 Å². The van der Waals surface area contributed by atoms with E-state index in [1.807, 2.05) is 24.3 Å². The Balaban J connectivity index is 1.55. The molecule has 2 amide bonds. The van der Waals surface area contributed by atoms with Crippen LogP contribution in [0.15, 0.2) is 62.6 Å². The van der Waals surface area contributed by atoms with Crippen molar-refractivity contribution < 1.29 is 14.0 Å². The van der Waals surface area contributed by atoms with Gasteiger partial charge in [0.25, 0.3) is 5.22 Å². The van der Waals surface area contributed by atoms with Gasteiger partial charge in [-0.15, -0.1) is 10.2 Å². The zero-order chi connectivity index (χ0) is 19.2. The largest absolute Gasteiger partial charge is 0.411 e. The third-order valence-electron chi connectivity index (χ3n) is 3.29. The summed E-state index contributed by atoms with van der Waals surface area (Å²) in [6.07, 6.45) is 0. The Morgan fingerprint density at radius 2 is 1.78 bits per heavy atom. The second-order valence-electron chi connectivity index (χ2n) is 5.48. The van der Waals surface area contributed by atoms with Crippen LogP contribution in [0, 0.1) is 0 Å². The molecule has 0 unspecified atom stereocenters. The minimum absolute atomic E-state index is 0.117. The van der Waals surface area contributed by atoms with E-state index in [1.165, 1.54) is 6.92 Å². The molecule has 9 heteroatoms. The molecule has 0 radical (unpaired) electrons. The topological polar surface area (TPSA) is 97.1 Å². The molecular formula is C18H15BrN4O3S. The molecule has 0 aliphatic carbocycles. The number of nitrogens with zero attached hydrogens (tertiary/aromatic N) is 2. The maximum absolute atomic E-state index is 12.1. The Morgan fingerprint density at radius 1 is 1.07 bits per heavy atom. The summed E-state index contributed by atoms with van der Waals surface area (Å²) in [6, 6.07) is 14.4. The summed E-state index contributed by atoms with van der Waals surface area (Å²) in [7, 11) is 0. The highest BCUT2D eigenvalue weighted by Gasteiger charge is 2.11. The van der Waals surface area contributed by atoms with Crippen molar-refractivity contribution in [3.63, 3.8) is 0 Å². The summed E-state index contributed by atoms with van der Waals surface area (Å²) in [5, 5.41) is 13.7. The maximum atomic E-state index is 12.1. The highest BCUT2D eigenvalue weighted by molar-refractivity contribution is 9.10. The molecule has 2 aromatic carbocycles. The molecule has 138 valence electrons. The van der Waals surface area contributed by atoms with Crippen molar-refractivity contribution in [2.75, 3.05) is 16.4 Å². The number of carbonyl (C=O) groups is 2. The zero-order valence-corrected chi connectivity index (χ0v) is 16.6. The van der Waals surface area contributed by atoms with Gasteiger partial charge in [0.15, 0.2) is 0 Å². The van der Waals surface area contributed by atoms with Crippen LogP contribution < -0.4 is 10.6 Å². The molecule has 2 N–H and O–H groups in total. The molecule has 1 heterocycles. The molecule has 27 heavy (non-hydrogen) atoms. The van der Waals surface area contributed by atoms with Crippen molar-refractivity contribution in [3.05, 3.63) is 53.0 Å². The highest BCUT2D eigenvalue weighted by Crippen LogP contribution is 2.24. The second kappa shape index (κ2) is 8.83. The Labute approximate surface area is 168 Å². The molecule has 0 saturated carbocycles. The van der Waals surface area contributed by atoms with Crippen LogP contribution in [0.3, 0.4) is 0 Å². The molecule has 0 saturated heterocycles. The van der Waals surface area contributed by atoms with Gasteiger partial charge in [-0.2, -0.15) is 0 Å². The van der Waals surface area contributed by atoms with Gasteiger partial charge in [0.2, 0.25) is 17.7 Å². The van der Waals surface area contributed by atoms with Crippen molar-refractivity contribution in [1.82, 2.24) is 10.2 Å². The molecule has 1 aromatic heterocycles. The SMILES string of the molecule is CC(=O)Nc1cccc(NC(=O)CSc2nnc(-c3ccc(Br)cc3)o2)c1. The van der Waals surface area contributed by atoms with Crippen LogP contribution in [-0.2, 0) is 9.59 Å². The first kappa shape index (κ1) is 19.1. The maximum Gasteiger partial charge on any atom is 0.277 e. The number of hydrogen-bond donors (Lipinski definition) is 2. The summed E-state index contributed by atoms with van der Waals surface area (Å²) in [5.41, 5.74) is 2.01. The molecule has 0 spiro atoms. The Morgan fingerprint density at radius 3 is 2.48 bits per heavy atom. The summed E-state index contributed by atoms with van der Waals surface area (Å²) in [4.78, 5) is 23.2. The number of nitrogens with one attached hydrogen (secondary N) is 2. The number of anilines is 2. The Kier molecular flexibility index (Phi) is 6.25. The lowest BCUT2D eigenvalue weighted by atomic mass is 10.2. The molecule has 0 atom stereocenters. The minimum Gasteiger partial charge on any atom is -0.411 e. The summed E-state index contributed by atoms with van der Waals surface area (Å²) < 4.78 is 6.53. The quantitative estimate of drug-likeness (QED) is 0.550. The normalized spacial score (nSPS) is 10.4. The van der Waals surface area contributed by atoms with Crippen LogP contribution in [0.1, 0.15) is 6.92 Å². The van der Waals surface area contributed by atoms with Gasteiger partial charge in [0, 0.05) is 28.3 Å². The number of thioether (sulfide) groups is 1. The summed E-state index contributed by atoms with van der Waals surface area (Å²) in [5.74, 6) is 0.121. The lowest BCUT2D eigenvalue weighted by Gasteiger charge is -2.07. The number of rotatable bonds is 6. The molecule has 0 bridgehead atoms. The summed E-state index contributed by atoms with van der Waals surface area (Å²) >= 11 is 4.52. The van der Waals surface area contributed by atoms with E-state index >= 15 is 0 Å². The fourth-order valence-corrected chi connectivity index (χ4v) is 3.01. The number of hydrogen-bond acceptors (Lipinski definition) is 6. The van der Waals surface area contributed by atoms with E-state index in [0.29, 0.717) is 22.5 Å². The first-order chi connectivity index (χ1) is 13.0. The van der Waals surface area contributed by atoms with Crippen LogP contribution in [-0.4, -0.2) is 27.8 Å². The molecule has 0 aliphatic heterocycles. The van der Waals surface area contributed by atoms with Crippen LogP contribution in [0.4, 0.5) is 11.4 Å². The highest BCUT2D eigenvalue weighted by atomic mass is 79.9. The van der Waals surface area contributed by atoms with Gasteiger partial charge in [0.1, 0.15) is 0 Å². The van der Waals surface area contributed by atoms with E-state index in [1.54, 1.807) is 24.3 Å². The standard InChI is InChI=1S/C18H15BrN4O3S/c1-11(24)20-14-3-2-4-15(9-14)21-16(25)10-27-18-23-22-17(26-18)12-5-7-13(19)8-6-12/h2-9H,10H2,1H3,(H,20,24)(H,21,25). The smallest absolute Gasteiger partial charge is 0.277 e. The van der Waals surface area contributed by atoms with Crippen molar-refractivity contribution >= 4 is 50.9 Å². The van der Waals surface area contributed by atoms with Gasteiger partial charge in [0.05, 0.1) is 5.75 Å². The van der Waals surface area contributed by atoms with Crippen molar-refractivity contribution in [2.45, 2.75) is 12.1 Å². The van der Waals surface area contributed by atoms with Crippen molar-refractivity contribution in [1.29, 1.82) is 0 Å². The fourth-order valence-electron chi connectivity index (χ4n) is 2.18. The van der Waals surface area contributed by atoms with Crippen LogP contribution in [0.25, 0.3) is 11.5 Å². The minimum atomic E-state index is -0.219. The van der Waals surface area contributed by atoms with Gasteiger partial charge in [-0.25, -0.2) is 0 Å². The Hall–Kier alpha value is -2.65. The molecule has 3 aromatic rings. The zero-order valence-electron chi connectivity index (χ0n) is 14.2. The molecule has 0 fully saturated rings. The van der Waals surface area contributed by atoms with Gasteiger partial charge in [-0.05, 0) is 42.5 Å². The average Bonchev–Trinajstić information content (AvgIpc) is 3.09. The summed E-state index contributed by atoms with van der Waals surface area (Å²) in [6.45, 7) is 1.43. The lowest BCUT2D eigenvalue weighted by Crippen LogP contribution is -2.14. The third kappa shape index (κ3) is 5.66. The predicted octanol–water partition coefficient (Wildman–Crippen LogP) is 4.19. The van der Waals surface area contributed by atoms with E-state index < -0.39 is 0 Å². The van der Waals surface area contributed by atoms with Gasteiger partial charge < -0.3 is 15.1 Å². The van der Waals surface area contributed by atoms with E-state index in [2.05, 4.69) is 36.8 Å². The first-order valence-electron chi connectivity index (χ1n) is 7.89. The van der Waals surface area contributed by atoms with E-state index in [-0.39, 0.29) is 17.6 Å². The van der Waals surface area contributed by atoms with Gasteiger partial charge in [-0.3, -0.25) is 9.59 Å². The predicted molar refractivity (Wildman–Crippen MR) is 108 cm³/mol. The number of amides is 2. The van der Waals surface area contributed by atoms with Gasteiger partial charge >= 0.3 is 0 Å². The molecule has 0 aliphatic rings. The second-order valence-corrected chi connectivity index (χ2v) is 7.32. The number of halogens is 1. The third-order valence-corrected chi connectivity index (χ3v) is 4.64. The first-order valence-corrected chi connectivity index (χ1v) is 9.67. The van der Waals surface area contributed by atoms with Crippen LogP contribution in [0.2, 0.25) is 0 Å². The van der Waals surface area contributed by atoms with Crippen LogP contribution >= 0.6 is 27.7 Å².